The minimum Gasteiger partial charge on any atom is -0.457 e. The van der Waals surface area contributed by atoms with E-state index < -0.39 is 6.10 Å². The summed E-state index contributed by atoms with van der Waals surface area (Å²) >= 11 is 0. The Balaban J connectivity index is 3.71. The third kappa shape index (κ3) is 26.5. The van der Waals surface area contributed by atoms with Crippen molar-refractivity contribution >= 4 is 5.97 Å². The average molecular weight is 489 g/mol. The molecule has 0 heterocycles. The summed E-state index contributed by atoms with van der Waals surface area (Å²) in [5.41, 5.74) is 0. The van der Waals surface area contributed by atoms with Gasteiger partial charge in [0.25, 0.3) is 0 Å². The molecular formula is C31H52O4. The van der Waals surface area contributed by atoms with Gasteiger partial charge in [0.2, 0.25) is 0 Å². The van der Waals surface area contributed by atoms with Crippen LogP contribution in [0, 0.1) is 0 Å². The van der Waals surface area contributed by atoms with Crippen molar-refractivity contribution in [1.82, 2.24) is 0 Å². The molecule has 0 saturated carbocycles. The molecule has 200 valence electrons. The molecule has 35 heavy (non-hydrogen) atoms. The number of hydrogen-bond acceptors (Lipinski definition) is 4. The largest absolute Gasteiger partial charge is 0.457 e. The van der Waals surface area contributed by atoms with Gasteiger partial charge < -0.3 is 14.6 Å². The van der Waals surface area contributed by atoms with Crippen molar-refractivity contribution in [3.8, 4) is 0 Å². The molecule has 0 radical (unpaired) electrons. The lowest BCUT2D eigenvalue weighted by atomic mass is 10.1. The van der Waals surface area contributed by atoms with E-state index in [1.54, 1.807) is 0 Å². The number of rotatable bonds is 24. The number of hydrogen-bond donors (Lipinski definition) is 1. The van der Waals surface area contributed by atoms with Crippen molar-refractivity contribution in [2.45, 2.75) is 110 Å². The molecule has 1 atom stereocenters. The SMILES string of the molecule is CC/C=C\C/C=C\C/C=C\C/C=C\C/C=C\CC(=O)OC(CO)COCCCCCCCCCC. The summed E-state index contributed by atoms with van der Waals surface area (Å²) in [5, 5.41) is 9.43. The van der Waals surface area contributed by atoms with Gasteiger partial charge in [-0.05, 0) is 38.5 Å². The molecule has 0 aliphatic heterocycles. The molecule has 0 bridgehead atoms. The Morgan fingerprint density at radius 2 is 1.17 bits per heavy atom. The molecule has 0 aromatic carbocycles. The molecule has 0 amide bonds. The van der Waals surface area contributed by atoms with E-state index in [9.17, 15) is 9.90 Å². The highest BCUT2D eigenvalue weighted by Crippen LogP contribution is 2.08. The van der Waals surface area contributed by atoms with Gasteiger partial charge in [-0.15, -0.1) is 0 Å². The van der Waals surface area contributed by atoms with Gasteiger partial charge in [0, 0.05) is 6.61 Å². The van der Waals surface area contributed by atoms with E-state index in [2.05, 4.69) is 62.5 Å². The van der Waals surface area contributed by atoms with Crippen LogP contribution in [0.2, 0.25) is 0 Å². The van der Waals surface area contributed by atoms with Crippen LogP contribution in [0.1, 0.15) is 104 Å². The smallest absolute Gasteiger partial charge is 0.310 e. The van der Waals surface area contributed by atoms with Crippen LogP contribution in [0.25, 0.3) is 0 Å². The van der Waals surface area contributed by atoms with Gasteiger partial charge in [0.15, 0.2) is 0 Å². The van der Waals surface area contributed by atoms with Crippen molar-refractivity contribution in [3.63, 3.8) is 0 Å². The summed E-state index contributed by atoms with van der Waals surface area (Å²) in [6.45, 7) is 5.07. The van der Waals surface area contributed by atoms with E-state index in [-0.39, 0.29) is 25.6 Å². The Morgan fingerprint density at radius 3 is 1.69 bits per heavy atom. The van der Waals surface area contributed by atoms with Crippen molar-refractivity contribution in [1.29, 1.82) is 0 Å². The van der Waals surface area contributed by atoms with Crippen LogP contribution in [0.5, 0.6) is 0 Å². The first kappa shape index (κ1) is 33.1. The van der Waals surface area contributed by atoms with Gasteiger partial charge >= 0.3 is 5.97 Å². The maximum Gasteiger partial charge on any atom is 0.310 e. The number of aliphatic hydroxyl groups is 1. The van der Waals surface area contributed by atoms with Gasteiger partial charge in [0.05, 0.1) is 19.6 Å². The minimum absolute atomic E-state index is 0.210. The van der Waals surface area contributed by atoms with Crippen LogP contribution in [0.4, 0.5) is 0 Å². The summed E-state index contributed by atoms with van der Waals surface area (Å²) in [4.78, 5) is 12.0. The van der Waals surface area contributed by atoms with Crippen molar-refractivity contribution in [3.05, 3.63) is 60.8 Å². The first-order valence-electron chi connectivity index (χ1n) is 13.9. The molecule has 0 aromatic heterocycles. The number of carbonyl (C=O) groups excluding carboxylic acids is 1. The predicted octanol–water partition coefficient (Wildman–Crippen LogP) is 8.19. The molecule has 4 heteroatoms. The standard InChI is InChI=1S/C31H52O4/c1-3-5-7-9-11-13-14-15-16-17-18-19-20-22-24-26-31(33)35-30(28-32)29-34-27-25-23-21-12-10-8-6-4-2/h5,7,11,13,15-16,18-19,22,24,30,32H,3-4,6,8-10,12,14,17,20-21,23,25-29H2,1-2H3/b7-5-,13-11-,16-15-,19-18-,24-22-. The van der Waals surface area contributed by atoms with Crippen LogP contribution in [-0.2, 0) is 14.3 Å². The zero-order chi connectivity index (χ0) is 25.7. The number of ether oxygens (including phenoxy) is 2. The van der Waals surface area contributed by atoms with Crippen LogP contribution in [0.3, 0.4) is 0 Å². The van der Waals surface area contributed by atoms with Crippen LogP contribution in [0.15, 0.2) is 60.8 Å². The second-order valence-corrected chi connectivity index (χ2v) is 8.76. The Bertz CT molecular complexity index is 601. The lowest BCUT2D eigenvalue weighted by Gasteiger charge is -2.15. The highest BCUT2D eigenvalue weighted by molar-refractivity contribution is 5.71. The fourth-order valence-corrected chi connectivity index (χ4v) is 3.34. The van der Waals surface area contributed by atoms with Crippen LogP contribution >= 0.6 is 0 Å². The van der Waals surface area contributed by atoms with Gasteiger partial charge in [-0.2, -0.15) is 0 Å². The van der Waals surface area contributed by atoms with E-state index in [1.807, 2.05) is 12.2 Å². The third-order valence-electron chi connectivity index (χ3n) is 5.39. The number of allylic oxidation sites excluding steroid dienone is 9. The Hall–Kier alpha value is -1.91. The topological polar surface area (TPSA) is 55.8 Å². The summed E-state index contributed by atoms with van der Waals surface area (Å²) in [7, 11) is 0. The van der Waals surface area contributed by atoms with E-state index in [0.29, 0.717) is 6.61 Å². The summed E-state index contributed by atoms with van der Waals surface area (Å²) in [6, 6.07) is 0. The van der Waals surface area contributed by atoms with Crippen molar-refractivity contribution in [2.75, 3.05) is 19.8 Å². The minimum atomic E-state index is -0.584. The fourth-order valence-electron chi connectivity index (χ4n) is 3.34. The fraction of sp³-hybridized carbons (Fsp3) is 0.645. The van der Waals surface area contributed by atoms with Gasteiger partial charge in [-0.1, -0.05) is 120 Å². The lowest BCUT2D eigenvalue weighted by molar-refractivity contribution is -0.153. The summed E-state index contributed by atoms with van der Waals surface area (Å²) < 4.78 is 10.9. The van der Waals surface area contributed by atoms with Gasteiger partial charge in [-0.3, -0.25) is 4.79 Å². The Labute approximate surface area is 215 Å². The Morgan fingerprint density at radius 1 is 0.686 bits per heavy atom. The molecule has 0 rings (SSSR count). The van der Waals surface area contributed by atoms with E-state index in [1.165, 1.54) is 44.9 Å². The normalized spacial score (nSPS) is 13.3. The third-order valence-corrected chi connectivity index (χ3v) is 5.39. The molecule has 0 fully saturated rings. The maximum absolute atomic E-state index is 12.0. The van der Waals surface area contributed by atoms with E-state index >= 15 is 0 Å². The maximum atomic E-state index is 12.0. The highest BCUT2D eigenvalue weighted by atomic mass is 16.6. The molecule has 1 N–H and O–H groups in total. The van der Waals surface area contributed by atoms with E-state index in [4.69, 9.17) is 9.47 Å². The molecule has 0 aliphatic rings. The molecule has 0 spiro atoms. The van der Waals surface area contributed by atoms with Crippen molar-refractivity contribution < 1.29 is 19.4 Å². The molecule has 0 aliphatic carbocycles. The lowest BCUT2D eigenvalue weighted by Crippen LogP contribution is -2.27. The van der Waals surface area contributed by atoms with E-state index in [0.717, 1.165) is 38.5 Å². The quantitative estimate of drug-likeness (QED) is 0.0845. The number of carbonyl (C=O) groups is 1. The molecule has 0 aromatic rings. The first-order valence-corrected chi connectivity index (χ1v) is 13.9. The molecule has 0 saturated heterocycles. The van der Waals surface area contributed by atoms with Crippen LogP contribution < -0.4 is 0 Å². The Kier molecular flexibility index (Phi) is 26.8. The molecule has 1 unspecified atom stereocenters. The molecular weight excluding hydrogens is 436 g/mol. The predicted molar refractivity (Wildman–Crippen MR) is 149 cm³/mol. The first-order chi connectivity index (χ1) is 17.2. The summed E-state index contributed by atoms with van der Waals surface area (Å²) in [6.07, 6.45) is 35.5. The summed E-state index contributed by atoms with van der Waals surface area (Å²) in [5.74, 6) is -0.332. The van der Waals surface area contributed by atoms with Crippen molar-refractivity contribution in [2.24, 2.45) is 0 Å². The number of aliphatic hydroxyl groups excluding tert-OH is 1. The second-order valence-electron chi connectivity index (χ2n) is 8.76. The average Bonchev–Trinajstić information content (AvgIpc) is 2.86. The van der Waals surface area contributed by atoms with Gasteiger partial charge in [0.1, 0.15) is 6.10 Å². The number of esters is 1. The number of unbranched alkanes of at least 4 members (excludes halogenated alkanes) is 7. The highest BCUT2D eigenvalue weighted by Gasteiger charge is 2.12. The second kappa shape index (κ2) is 28.3. The zero-order valence-corrected chi connectivity index (χ0v) is 22.5. The molecule has 4 nitrogen and oxygen atoms in total. The van der Waals surface area contributed by atoms with Crippen LogP contribution in [-0.4, -0.2) is 37.0 Å². The van der Waals surface area contributed by atoms with Gasteiger partial charge in [-0.25, -0.2) is 0 Å². The zero-order valence-electron chi connectivity index (χ0n) is 22.5. The monoisotopic (exact) mass is 488 g/mol.